The smallest absolute Gasteiger partial charge is 0.410 e. The maximum absolute atomic E-state index is 12.6. The lowest BCUT2D eigenvalue weighted by atomic mass is 10.2. The molecule has 24 heavy (non-hydrogen) atoms. The van der Waals surface area contributed by atoms with Gasteiger partial charge in [-0.05, 0) is 39.0 Å². The van der Waals surface area contributed by atoms with Crippen molar-refractivity contribution in [1.82, 2.24) is 9.21 Å². The minimum Gasteiger partial charge on any atom is -0.478 e. The van der Waals surface area contributed by atoms with Crippen LogP contribution in [0, 0.1) is 0 Å². The van der Waals surface area contributed by atoms with Crippen LogP contribution in [-0.2, 0) is 15.7 Å². The first-order chi connectivity index (χ1) is 11.2. The van der Waals surface area contributed by atoms with Crippen LogP contribution in [0.3, 0.4) is 0 Å². The summed E-state index contributed by atoms with van der Waals surface area (Å²) in [6.45, 7) is 7.13. The average molecular weight is 354 g/mol. The largest absolute Gasteiger partial charge is 0.478 e. The van der Waals surface area contributed by atoms with Crippen molar-refractivity contribution in [2.75, 3.05) is 26.2 Å². The van der Waals surface area contributed by atoms with Gasteiger partial charge < -0.3 is 14.7 Å². The molecule has 1 aliphatic heterocycles. The van der Waals surface area contributed by atoms with Crippen LogP contribution in [0.5, 0.6) is 0 Å². The second kappa shape index (κ2) is 7.31. The Morgan fingerprint density at radius 3 is 2.33 bits per heavy atom. The maximum Gasteiger partial charge on any atom is 0.410 e. The first-order valence-corrected chi connectivity index (χ1v) is 8.76. The predicted octanol–water partition coefficient (Wildman–Crippen LogP) is 1.96. The highest BCUT2D eigenvalue weighted by Crippen LogP contribution is 2.17. The van der Waals surface area contributed by atoms with Crippen LogP contribution >= 0.6 is 0 Å². The number of nitrogens with zero attached hydrogens (tertiary/aromatic N) is 2. The number of carbonyl (C=O) groups excluding carboxylic acids is 1. The molecule has 1 N–H and O–H groups in total. The third-order valence-electron chi connectivity index (χ3n) is 3.41. The lowest BCUT2D eigenvalue weighted by molar-refractivity contribution is 0.0195. The zero-order valence-corrected chi connectivity index (χ0v) is 14.8. The van der Waals surface area contributed by atoms with Crippen LogP contribution in [0.2, 0.25) is 0 Å². The molecular formula is C16H22N2O5S. The van der Waals surface area contributed by atoms with Gasteiger partial charge in [-0.25, -0.2) is 18.1 Å². The highest BCUT2D eigenvalue weighted by Gasteiger charge is 2.28. The summed E-state index contributed by atoms with van der Waals surface area (Å²) in [4.78, 5) is 25.1. The monoisotopic (exact) mass is 354 g/mol. The van der Waals surface area contributed by atoms with Crippen molar-refractivity contribution >= 4 is 23.0 Å². The molecule has 1 amide bonds. The van der Waals surface area contributed by atoms with E-state index in [4.69, 9.17) is 9.84 Å². The topological polar surface area (TPSA) is 87.2 Å². The molecule has 1 aliphatic rings. The Hall–Kier alpha value is -1.93. The first-order valence-electron chi connectivity index (χ1n) is 7.65. The molecule has 1 saturated heterocycles. The van der Waals surface area contributed by atoms with Gasteiger partial charge in [-0.15, -0.1) is 0 Å². The molecule has 2 rings (SSSR count). The van der Waals surface area contributed by atoms with Gasteiger partial charge in [0, 0.05) is 26.2 Å². The molecule has 0 radical (unpaired) electrons. The Kier molecular flexibility index (Phi) is 5.61. The molecule has 0 bridgehead atoms. The number of hydrogen-bond acceptors (Lipinski definition) is 4. The summed E-state index contributed by atoms with van der Waals surface area (Å²) in [5, 5.41) is 9.02. The molecular weight excluding hydrogens is 332 g/mol. The Morgan fingerprint density at radius 2 is 1.79 bits per heavy atom. The molecule has 1 fully saturated rings. The standard InChI is InChI=1S/C16H22N2O5S/c1-16(2,3)23-15(21)17-7-9-18(10-8-17)24(22)13-6-4-5-12(11-13)14(19)20/h4-6,11H,7-10H2,1-3H3,(H,19,20). The minimum absolute atomic E-state index is 0.105. The van der Waals surface area contributed by atoms with Crippen LogP contribution in [0.15, 0.2) is 29.2 Å². The van der Waals surface area contributed by atoms with Crippen molar-refractivity contribution in [3.05, 3.63) is 29.8 Å². The number of piperazine rings is 1. The molecule has 0 saturated carbocycles. The van der Waals surface area contributed by atoms with Crippen molar-refractivity contribution in [3.63, 3.8) is 0 Å². The van der Waals surface area contributed by atoms with Gasteiger partial charge in [0.2, 0.25) is 0 Å². The van der Waals surface area contributed by atoms with Crippen molar-refractivity contribution in [2.45, 2.75) is 31.3 Å². The van der Waals surface area contributed by atoms with Crippen LogP contribution in [0.4, 0.5) is 4.79 Å². The fourth-order valence-corrected chi connectivity index (χ4v) is 3.47. The van der Waals surface area contributed by atoms with Gasteiger partial charge in [0.15, 0.2) is 0 Å². The lowest BCUT2D eigenvalue weighted by Crippen LogP contribution is -2.50. The number of aromatic carboxylic acids is 1. The predicted molar refractivity (Wildman–Crippen MR) is 89.2 cm³/mol. The van der Waals surface area contributed by atoms with Crippen molar-refractivity contribution in [3.8, 4) is 0 Å². The highest BCUT2D eigenvalue weighted by molar-refractivity contribution is 7.82. The van der Waals surface area contributed by atoms with Crippen LogP contribution in [0.1, 0.15) is 31.1 Å². The number of benzene rings is 1. The highest BCUT2D eigenvalue weighted by atomic mass is 32.2. The summed E-state index contributed by atoms with van der Waals surface area (Å²) in [6, 6.07) is 6.10. The maximum atomic E-state index is 12.6. The van der Waals surface area contributed by atoms with E-state index in [0.29, 0.717) is 31.1 Å². The van der Waals surface area contributed by atoms with E-state index in [1.54, 1.807) is 21.3 Å². The molecule has 132 valence electrons. The molecule has 1 heterocycles. The van der Waals surface area contributed by atoms with E-state index < -0.39 is 22.6 Å². The van der Waals surface area contributed by atoms with Crippen molar-refractivity contribution in [2.24, 2.45) is 0 Å². The third-order valence-corrected chi connectivity index (χ3v) is 4.90. The van der Waals surface area contributed by atoms with E-state index in [0.717, 1.165) is 0 Å². The Balaban J connectivity index is 1.97. The van der Waals surface area contributed by atoms with Gasteiger partial charge >= 0.3 is 12.1 Å². The average Bonchev–Trinajstić information content (AvgIpc) is 2.53. The Morgan fingerprint density at radius 1 is 1.17 bits per heavy atom. The van der Waals surface area contributed by atoms with E-state index in [9.17, 15) is 13.8 Å². The van der Waals surface area contributed by atoms with Gasteiger partial charge in [-0.3, -0.25) is 0 Å². The molecule has 1 atom stereocenters. The normalized spacial score (nSPS) is 17.4. The number of hydrogen-bond donors (Lipinski definition) is 1. The SMILES string of the molecule is CC(C)(C)OC(=O)N1CCN(S(=O)c2cccc(C(=O)O)c2)CC1. The fourth-order valence-electron chi connectivity index (χ4n) is 2.25. The van der Waals surface area contributed by atoms with E-state index >= 15 is 0 Å². The van der Waals surface area contributed by atoms with Crippen molar-refractivity contribution < 1.29 is 23.6 Å². The van der Waals surface area contributed by atoms with Crippen molar-refractivity contribution in [1.29, 1.82) is 0 Å². The summed E-state index contributed by atoms with van der Waals surface area (Å²) in [5.41, 5.74) is -0.442. The lowest BCUT2D eigenvalue weighted by Gasteiger charge is -2.34. The summed E-state index contributed by atoms with van der Waals surface area (Å²) >= 11 is 0. The zero-order chi connectivity index (χ0) is 17.9. The van der Waals surface area contributed by atoms with Gasteiger partial charge in [0.25, 0.3) is 0 Å². The van der Waals surface area contributed by atoms with Crippen LogP contribution < -0.4 is 0 Å². The van der Waals surface area contributed by atoms with Gasteiger partial charge in [-0.2, -0.15) is 0 Å². The number of carbonyl (C=O) groups is 2. The van der Waals surface area contributed by atoms with E-state index in [2.05, 4.69) is 0 Å². The summed E-state index contributed by atoms with van der Waals surface area (Å²) in [6.07, 6.45) is -0.374. The number of carboxylic acid groups (broad SMARTS) is 1. The summed E-state index contributed by atoms with van der Waals surface area (Å²) in [5.74, 6) is -1.05. The fraction of sp³-hybridized carbons (Fsp3) is 0.500. The Bertz CT molecular complexity index is 648. The van der Waals surface area contributed by atoms with Gasteiger partial charge in [-0.1, -0.05) is 6.07 Å². The molecule has 8 heteroatoms. The molecule has 7 nitrogen and oxygen atoms in total. The zero-order valence-electron chi connectivity index (χ0n) is 14.0. The summed E-state index contributed by atoms with van der Waals surface area (Å²) < 4.78 is 19.6. The molecule has 0 spiro atoms. The minimum atomic E-state index is -1.45. The number of carboxylic acids is 1. The van der Waals surface area contributed by atoms with Gasteiger partial charge in [0.1, 0.15) is 16.6 Å². The summed E-state index contributed by atoms with van der Waals surface area (Å²) in [7, 11) is -1.45. The second-order valence-corrected chi connectivity index (χ2v) is 7.96. The van der Waals surface area contributed by atoms with E-state index in [1.807, 2.05) is 20.8 Å². The molecule has 1 unspecified atom stereocenters. The third kappa shape index (κ3) is 4.78. The number of amides is 1. The first kappa shape index (κ1) is 18.4. The molecule has 0 aliphatic carbocycles. The van der Waals surface area contributed by atoms with Gasteiger partial charge in [0.05, 0.1) is 10.5 Å². The second-order valence-electron chi connectivity index (χ2n) is 6.48. The Labute approximate surface area is 143 Å². The molecule has 0 aromatic heterocycles. The van der Waals surface area contributed by atoms with Crippen LogP contribution in [-0.4, -0.2) is 62.4 Å². The van der Waals surface area contributed by atoms with E-state index in [-0.39, 0.29) is 11.7 Å². The molecule has 1 aromatic carbocycles. The molecule has 1 aromatic rings. The quantitative estimate of drug-likeness (QED) is 0.896. The van der Waals surface area contributed by atoms with E-state index in [1.165, 1.54) is 12.1 Å². The van der Waals surface area contributed by atoms with Crippen LogP contribution in [0.25, 0.3) is 0 Å². The number of ether oxygens (including phenoxy) is 1. The number of rotatable bonds is 3.